The second-order valence-corrected chi connectivity index (χ2v) is 4.38. The molecule has 0 aromatic carbocycles. The van der Waals surface area contributed by atoms with Crippen molar-refractivity contribution < 1.29 is 4.79 Å². The molecule has 16 heavy (non-hydrogen) atoms. The van der Waals surface area contributed by atoms with Gasteiger partial charge in [0.05, 0.1) is 6.04 Å². The van der Waals surface area contributed by atoms with Crippen molar-refractivity contribution in [2.45, 2.75) is 57.5 Å². The van der Waals surface area contributed by atoms with Crippen molar-refractivity contribution in [3.8, 4) is 12.3 Å². The lowest BCUT2D eigenvalue weighted by molar-refractivity contribution is -0.123. The van der Waals surface area contributed by atoms with E-state index in [0.29, 0.717) is 6.42 Å². The molecule has 0 bridgehead atoms. The van der Waals surface area contributed by atoms with Crippen LogP contribution in [0.15, 0.2) is 0 Å². The summed E-state index contributed by atoms with van der Waals surface area (Å²) < 4.78 is 0. The summed E-state index contributed by atoms with van der Waals surface area (Å²) in [5.74, 6) is 2.72. The number of nitrogens with one attached hydrogen (secondary N) is 2. The zero-order chi connectivity index (χ0) is 11.8. The van der Waals surface area contributed by atoms with Gasteiger partial charge in [0.1, 0.15) is 0 Å². The molecule has 0 aromatic rings. The molecule has 2 atom stereocenters. The molecular weight excluding hydrogens is 200 g/mol. The van der Waals surface area contributed by atoms with Gasteiger partial charge in [0.25, 0.3) is 0 Å². The molecule has 1 heterocycles. The molecule has 1 saturated heterocycles. The van der Waals surface area contributed by atoms with E-state index in [1.54, 1.807) is 0 Å². The minimum Gasteiger partial charge on any atom is -0.351 e. The summed E-state index contributed by atoms with van der Waals surface area (Å²) in [6, 6.07) is 0.108. The van der Waals surface area contributed by atoms with Crippen LogP contribution in [-0.2, 0) is 4.79 Å². The molecule has 2 N–H and O–H groups in total. The molecule has 90 valence electrons. The molecule has 3 heteroatoms. The first kappa shape index (κ1) is 13.1. The molecular formula is C13H22N2O. The Kier molecular flexibility index (Phi) is 5.95. The molecule has 0 aliphatic carbocycles. The highest BCUT2D eigenvalue weighted by Gasteiger charge is 2.21. The van der Waals surface area contributed by atoms with Gasteiger partial charge in [0, 0.05) is 12.5 Å². The van der Waals surface area contributed by atoms with Crippen LogP contribution in [-0.4, -0.2) is 24.5 Å². The molecule has 0 aromatic heterocycles. The Balaban J connectivity index is 2.40. The fourth-order valence-electron chi connectivity index (χ4n) is 1.99. The molecule has 1 rings (SSSR count). The van der Waals surface area contributed by atoms with Gasteiger partial charge in [-0.25, -0.2) is 0 Å². The van der Waals surface area contributed by atoms with Gasteiger partial charge in [-0.05, 0) is 25.8 Å². The van der Waals surface area contributed by atoms with E-state index < -0.39 is 0 Å². The highest BCUT2D eigenvalue weighted by atomic mass is 16.2. The van der Waals surface area contributed by atoms with Gasteiger partial charge in [-0.2, -0.15) is 0 Å². The summed E-state index contributed by atoms with van der Waals surface area (Å²) >= 11 is 0. The topological polar surface area (TPSA) is 41.1 Å². The fraction of sp³-hybridized carbons (Fsp3) is 0.769. The van der Waals surface area contributed by atoms with Crippen molar-refractivity contribution in [2.24, 2.45) is 0 Å². The van der Waals surface area contributed by atoms with Gasteiger partial charge < -0.3 is 10.6 Å². The maximum absolute atomic E-state index is 12.0. The number of amides is 1. The van der Waals surface area contributed by atoms with Crippen LogP contribution in [0.5, 0.6) is 0 Å². The summed E-state index contributed by atoms with van der Waals surface area (Å²) in [6.45, 7) is 2.99. The van der Waals surface area contributed by atoms with Crippen molar-refractivity contribution in [3.63, 3.8) is 0 Å². The summed E-state index contributed by atoms with van der Waals surface area (Å²) in [6.07, 6.45) is 11.3. The van der Waals surface area contributed by atoms with Crippen LogP contribution in [0.3, 0.4) is 0 Å². The molecule has 0 radical (unpaired) electrons. The van der Waals surface area contributed by atoms with Crippen LogP contribution in [0.1, 0.15) is 45.4 Å². The predicted octanol–water partition coefficient (Wildman–Crippen LogP) is 1.44. The number of carbonyl (C=O) groups excluding carboxylic acids is 1. The number of carbonyl (C=O) groups is 1. The molecule has 1 amide bonds. The molecule has 2 unspecified atom stereocenters. The molecule has 1 aliphatic heterocycles. The number of hydrogen-bond donors (Lipinski definition) is 2. The third-order valence-corrected chi connectivity index (χ3v) is 3.08. The SMILES string of the molecule is C#CCC(CC)NC(=O)C1CCCCCN1. The van der Waals surface area contributed by atoms with Crippen molar-refractivity contribution in [1.82, 2.24) is 10.6 Å². The minimum atomic E-state index is -0.0191. The maximum Gasteiger partial charge on any atom is 0.237 e. The van der Waals surface area contributed by atoms with Gasteiger partial charge in [0.2, 0.25) is 5.91 Å². The standard InChI is InChI=1S/C13H22N2O/c1-3-8-11(4-2)15-13(16)12-9-6-5-7-10-14-12/h1,11-12,14H,4-10H2,2H3,(H,15,16). The maximum atomic E-state index is 12.0. The largest absolute Gasteiger partial charge is 0.351 e. The first-order valence-electron chi connectivity index (χ1n) is 6.25. The van der Waals surface area contributed by atoms with Gasteiger partial charge in [-0.1, -0.05) is 19.8 Å². The monoisotopic (exact) mass is 222 g/mol. The smallest absolute Gasteiger partial charge is 0.237 e. The molecule has 0 saturated carbocycles. The Morgan fingerprint density at radius 3 is 3.06 bits per heavy atom. The van der Waals surface area contributed by atoms with E-state index >= 15 is 0 Å². The Hall–Kier alpha value is -1.01. The first-order valence-corrected chi connectivity index (χ1v) is 6.25. The summed E-state index contributed by atoms with van der Waals surface area (Å²) in [4.78, 5) is 12.0. The zero-order valence-electron chi connectivity index (χ0n) is 10.1. The quantitative estimate of drug-likeness (QED) is 0.707. The third kappa shape index (κ3) is 4.24. The van der Waals surface area contributed by atoms with E-state index in [1.807, 2.05) is 6.92 Å². The van der Waals surface area contributed by atoms with Gasteiger partial charge in [0.15, 0.2) is 0 Å². The van der Waals surface area contributed by atoms with E-state index in [9.17, 15) is 4.79 Å². The second-order valence-electron chi connectivity index (χ2n) is 4.38. The van der Waals surface area contributed by atoms with Gasteiger partial charge in [-0.3, -0.25) is 4.79 Å². The van der Waals surface area contributed by atoms with Gasteiger partial charge >= 0.3 is 0 Å². The van der Waals surface area contributed by atoms with Crippen LogP contribution in [0.4, 0.5) is 0 Å². The van der Waals surface area contributed by atoms with Crippen molar-refractivity contribution in [1.29, 1.82) is 0 Å². The Labute approximate surface area is 98.4 Å². The minimum absolute atomic E-state index is 0.0191. The van der Waals surface area contributed by atoms with E-state index in [2.05, 4.69) is 16.6 Å². The first-order chi connectivity index (χ1) is 7.77. The molecule has 0 spiro atoms. The molecule has 1 fully saturated rings. The Morgan fingerprint density at radius 1 is 1.56 bits per heavy atom. The highest BCUT2D eigenvalue weighted by molar-refractivity contribution is 5.82. The van der Waals surface area contributed by atoms with Crippen molar-refractivity contribution in [2.75, 3.05) is 6.54 Å². The average molecular weight is 222 g/mol. The summed E-state index contributed by atoms with van der Waals surface area (Å²) in [7, 11) is 0. The van der Waals surface area contributed by atoms with Crippen LogP contribution < -0.4 is 10.6 Å². The fourth-order valence-corrected chi connectivity index (χ4v) is 1.99. The van der Waals surface area contributed by atoms with Crippen LogP contribution >= 0.6 is 0 Å². The second kappa shape index (κ2) is 7.29. The van der Waals surface area contributed by atoms with Crippen molar-refractivity contribution in [3.05, 3.63) is 0 Å². The van der Waals surface area contributed by atoms with Crippen LogP contribution in [0.25, 0.3) is 0 Å². The Morgan fingerprint density at radius 2 is 2.38 bits per heavy atom. The van der Waals surface area contributed by atoms with Crippen LogP contribution in [0.2, 0.25) is 0 Å². The van der Waals surface area contributed by atoms with Crippen LogP contribution in [0, 0.1) is 12.3 Å². The number of rotatable bonds is 4. The highest BCUT2D eigenvalue weighted by Crippen LogP contribution is 2.09. The van der Waals surface area contributed by atoms with E-state index in [0.717, 1.165) is 25.8 Å². The lowest BCUT2D eigenvalue weighted by atomic mass is 10.1. The average Bonchev–Trinajstić information content (AvgIpc) is 2.56. The van der Waals surface area contributed by atoms with E-state index in [4.69, 9.17) is 6.42 Å². The summed E-state index contributed by atoms with van der Waals surface area (Å²) in [5.41, 5.74) is 0. The van der Waals surface area contributed by atoms with Crippen molar-refractivity contribution >= 4 is 5.91 Å². The van der Waals surface area contributed by atoms with Gasteiger partial charge in [-0.15, -0.1) is 12.3 Å². The Bertz CT molecular complexity index is 249. The zero-order valence-corrected chi connectivity index (χ0v) is 10.1. The predicted molar refractivity (Wildman–Crippen MR) is 65.9 cm³/mol. The molecule has 1 aliphatic rings. The normalized spacial score (nSPS) is 22.9. The number of hydrogen-bond acceptors (Lipinski definition) is 2. The number of terminal acetylenes is 1. The summed E-state index contributed by atoms with van der Waals surface area (Å²) in [5, 5.41) is 6.31. The molecule has 3 nitrogen and oxygen atoms in total. The lowest BCUT2D eigenvalue weighted by Gasteiger charge is -2.20. The lowest BCUT2D eigenvalue weighted by Crippen LogP contribution is -2.47. The van der Waals surface area contributed by atoms with E-state index in [1.165, 1.54) is 12.8 Å². The van der Waals surface area contributed by atoms with E-state index in [-0.39, 0.29) is 18.0 Å². The third-order valence-electron chi connectivity index (χ3n) is 3.08.